The predicted molar refractivity (Wildman–Crippen MR) is 83.2 cm³/mol. The summed E-state index contributed by atoms with van der Waals surface area (Å²) in [7, 11) is 1.83. The Balaban J connectivity index is 2.14. The normalized spacial score (nSPS) is 12.0. The topological polar surface area (TPSA) is 72.0 Å². The zero-order valence-electron chi connectivity index (χ0n) is 12.6. The summed E-state index contributed by atoms with van der Waals surface area (Å²) in [5, 5.41) is 6.38. The molecule has 112 valence electrons. The lowest BCUT2D eigenvalue weighted by Gasteiger charge is -2.15. The molecular weight excluding hydrogens is 266 g/mol. The highest BCUT2D eigenvalue weighted by molar-refractivity contribution is 5.48. The fourth-order valence-electron chi connectivity index (χ4n) is 1.88. The van der Waals surface area contributed by atoms with Gasteiger partial charge in [-0.05, 0) is 26.0 Å². The van der Waals surface area contributed by atoms with E-state index in [-0.39, 0.29) is 6.04 Å². The van der Waals surface area contributed by atoms with Crippen molar-refractivity contribution in [1.29, 1.82) is 0 Å². The van der Waals surface area contributed by atoms with Crippen molar-refractivity contribution in [3.05, 3.63) is 42.0 Å². The van der Waals surface area contributed by atoms with Crippen molar-refractivity contribution >= 4 is 11.6 Å². The Labute approximate surface area is 125 Å². The smallest absolute Gasteiger partial charge is 0.158 e. The van der Waals surface area contributed by atoms with Crippen molar-refractivity contribution < 1.29 is 4.74 Å². The average molecular weight is 287 g/mol. The van der Waals surface area contributed by atoms with Gasteiger partial charge in [-0.25, -0.2) is 9.97 Å². The van der Waals surface area contributed by atoms with Gasteiger partial charge in [-0.1, -0.05) is 6.07 Å². The maximum atomic E-state index is 5.37. The molecule has 6 nitrogen and oxygen atoms in total. The summed E-state index contributed by atoms with van der Waals surface area (Å²) in [5.74, 6) is 2.16. The molecule has 0 fully saturated rings. The molecule has 0 radical (unpaired) electrons. The molecule has 0 aromatic carbocycles. The van der Waals surface area contributed by atoms with Gasteiger partial charge in [-0.2, -0.15) is 0 Å². The molecular formula is C15H21N5O. The highest BCUT2D eigenvalue weighted by atomic mass is 16.5. The molecule has 2 aromatic rings. The Bertz CT molecular complexity index is 561. The molecule has 2 rings (SSSR count). The number of anilines is 2. The Kier molecular flexibility index (Phi) is 5.45. The van der Waals surface area contributed by atoms with Gasteiger partial charge in [0.15, 0.2) is 5.82 Å². The Morgan fingerprint density at radius 1 is 1.24 bits per heavy atom. The molecule has 2 aromatic heterocycles. The molecule has 0 saturated heterocycles. The van der Waals surface area contributed by atoms with Crippen LogP contribution in [0.1, 0.15) is 31.4 Å². The molecule has 0 amide bonds. The van der Waals surface area contributed by atoms with Crippen molar-refractivity contribution in [2.24, 2.45) is 0 Å². The molecule has 21 heavy (non-hydrogen) atoms. The fourth-order valence-corrected chi connectivity index (χ4v) is 1.88. The van der Waals surface area contributed by atoms with Crippen LogP contribution in [0.4, 0.5) is 11.6 Å². The summed E-state index contributed by atoms with van der Waals surface area (Å²) >= 11 is 0. The number of hydrogen-bond donors (Lipinski definition) is 2. The summed E-state index contributed by atoms with van der Waals surface area (Å²) in [6.07, 6.45) is 1.78. The highest BCUT2D eigenvalue weighted by Gasteiger charge is 2.09. The van der Waals surface area contributed by atoms with E-state index in [0.717, 1.165) is 17.3 Å². The average Bonchev–Trinajstić information content (AvgIpc) is 2.53. The van der Waals surface area contributed by atoms with Crippen LogP contribution in [0, 0.1) is 0 Å². The van der Waals surface area contributed by atoms with Crippen molar-refractivity contribution in [3.63, 3.8) is 0 Å². The minimum absolute atomic E-state index is 0.0609. The summed E-state index contributed by atoms with van der Waals surface area (Å²) in [4.78, 5) is 13.2. The second-order valence-corrected chi connectivity index (χ2v) is 4.56. The van der Waals surface area contributed by atoms with E-state index in [4.69, 9.17) is 4.74 Å². The third-order valence-electron chi connectivity index (χ3n) is 2.96. The molecule has 0 aliphatic carbocycles. The van der Waals surface area contributed by atoms with Crippen molar-refractivity contribution in [2.45, 2.75) is 26.5 Å². The lowest BCUT2D eigenvalue weighted by Crippen LogP contribution is -2.12. The second kappa shape index (κ2) is 7.54. The van der Waals surface area contributed by atoms with E-state index in [1.807, 2.05) is 45.2 Å². The second-order valence-electron chi connectivity index (χ2n) is 4.56. The van der Waals surface area contributed by atoms with Gasteiger partial charge < -0.3 is 15.4 Å². The van der Waals surface area contributed by atoms with Crippen LogP contribution < -0.4 is 10.6 Å². The molecule has 0 bridgehead atoms. The number of nitrogens with zero attached hydrogens (tertiary/aromatic N) is 3. The Morgan fingerprint density at radius 3 is 2.71 bits per heavy atom. The monoisotopic (exact) mass is 287 g/mol. The third-order valence-corrected chi connectivity index (χ3v) is 2.96. The molecule has 1 atom stereocenters. The molecule has 0 spiro atoms. The van der Waals surface area contributed by atoms with E-state index >= 15 is 0 Å². The van der Waals surface area contributed by atoms with Gasteiger partial charge in [0.05, 0.1) is 11.7 Å². The third kappa shape index (κ3) is 4.39. The van der Waals surface area contributed by atoms with Crippen LogP contribution in [-0.4, -0.2) is 28.6 Å². The van der Waals surface area contributed by atoms with Crippen LogP contribution >= 0.6 is 0 Å². The van der Waals surface area contributed by atoms with E-state index < -0.39 is 0 Å². The van der Waals surface area contributed by atoms with E-state index in [0.29, 0.717) is 19.0 Å². The molecule has 0 aliphatic heterocycles. The lowest BCUT2D eigenvalue weighted by molar-refractivity contribution is 0.128. The minimum atomic E-state index is 0.0609. The van der Waals surface area contributed by atoms with E-state index in [1.54, 1.807) is 6.20 Å². The number of aromatic nitrogens is 3. The van der Waals surface area contributed by atoms with Crippen LogP contribution in [0.25, 0.3) is 0 Å². The zero-order chi connectivity index (χ0) is 15.1. The largest absolute Gasteiger partial charge is 0.374 e. The molecule has 2 heterocycles. The minimum Gasteiger partial charge on any atom is -0.374 e. The van der Waals surface area contributed by atoms with Crippen LogP contribution in [0.3, 0.4) is 0 Å². The standard InChI is InChI=1S/C15H21N5O/c1-4-21-10-15-19-13(16-3)9-14(20-15)18-11(2)12-7-5-6-8-17-12/h5-9,11H,4,10H2,1-3H3,(H2,16,18,19,20). The van der Waals surface area contributed by atoms with Gasteiger partial charge in [0, 0.05) is 25.9 Å². The fraction of sp³-hybridized carbons (Fsp3) is 0.400. The van der Waals surface area contributed by atoms with Crippen LogP contribution in [0.5, 0.6) is 0 Å². The first kappa shape index (κ1) is 15.2. The van der Waals surface area contributed by atoms with Gasteiger partial charge in [0.25, 0.3) is 0 Å². The summed E-state index contributed by atoms with van der Waals surface area (Å²) < 4.78 is 5.37. The van der Waals surface area contributed by atoms with Gasteiger partial charge in [-0.15, -0.1) is 0 Å². The van der Waals surface area contributed by atoms with Crippen LogP contribution in [-0.2, 0) is 11.3 Å². The van der Waals surface area contributed by atoms with E-state index in [9.17, 15) is 0 Å². The van der Waals surface area contributed by atoms with Gasteiger partial charge >= 0.3 is 0 Å². The molecule has 0 aliphatic rings. The van der Waals surface area contributed by atoms with E-state index in [2.05, 4.69) is 25.6 Å². The van der Waals surface area contributed by atoms with Gasteiger partial charge in [-0.3, -0.25) is 4.98 Å². The number of rotatable bonds is 7. The number of ether oxygens (including phenoxy) is 1. The number of hydrogen-bond acceptors (Lipinski definition) is 6. The zero-order valence-corrected chi connectivity index (χ0v) is 12.6. The first-order chi connectivity index (χ1) is 10.2. The number of pyridine rings is 1. The van der Waals surface area contributed by atoms with Crippen LogP contribution in [0.2, 0.25) is 0 Å². The van der Waals surface area contributed by atoms with Crippen molar-refractivity contribution in [3.8, 4) is 0 Å². The Hall–Kier alpha value is -2.21. The first-order valence-corrected chi connectivity index (χ1v) is 7.03. The van der Waals surface area contributed by atoms with Crippen molar-refractivity contribution in [2.75, 3.05) is 24.3 Å². The summed E-state index contributed by atoms with van der Waals surface area (Å²) in [6, 6.07) is 7.79. The molecule has 2 N–H and O–H groups in total. The molecule has 0 saturated carbocycles. The maximum Gasteiger partial charge on any atom is 0.158 e. The first-order valence-electron chi connectivity index (χ1n) is 7.03. The van der Waals surface area contributed by atoms with Gasteiger partial charge in [0.1, 0.15) is 18.2 Å². The Morgan fingerprint density at radius 2 is 2.05 bits per heavy atom. The molecule has 1 unspecified atom stereocenters. The summed E-state index contributed by atoms with van der Waals surface area (Å²) in [5.41, 5.74) is 0.966. The lowest BCUT2D eigenvalue weighted by atomic mass is 10.2. The quantitative estimate of drug-likeness (QED) is 0.815. The number of nitrogens with one attached hydrogen (secondary N) is 2. The van der Waals surface area contributed by atoms with Crippen molar-refractivity contribution in [1.82, 2.24) is 15.0 Å². The predicted octanol–water partition coefficient (Wildman–Crippen LogP) is 2.62. The van der Waals surface area contributed by atoms with E-state index in [1.165, 1.54) is 0 Å². The highest BCUT2D eigenvalue weighted by Crippen LogP contribution is 2.18. The van der Waals surface area contributed by atoms with Crippen LogP contribution in [0.15, 0.2) is 30.5 Å². The SMILES string of the molecule is CCOCc1nc(NC)cc(NC(C)c2ccccn2)n1. The van der Waals surface area contributed by atoms with Gasteiger partial charge in [0.2, 0.25) is 0 Å². The summed E-state index contributed by atoms with van der Waals surface area (Å²) in [6.45, 7) is 5.04. The molecule has 6 heteroatoms. The maximum absolute atomic E-state index is 5.37.